The van der Waals surface area contributed by atoms with Gasteiger partial charge in [-0.2, -0.15) is 0 Å². The molecule has 2 amide bonds. The highest BCUT2D eigenvalue weighted by atomic mass is 127. The van der Waals surface area contributed by atoms with Crippen molar-refractivity contribution in [2.75, 3.05) is 25.9 Å². The van der Waals surface area contributed by atoms with Crippen LogP contribution in [0.3, 0.4) is 0 Å². The zero-order valence-electron chi connectivity index (χ0n) is 18.0. The van der Waals surface area contributed by atoms with Crippen molar-refractivity contribution in [3.8, 4) is 0 Å². The minimum atomic E-state index is -0.100. The number of hydrogen-bond donors (Lipinski definition) is 2. The minimum Gasteiger partial charge on any atom is -0.357 e. The highest BCUT2D eigenvalue weighted by Crippen LogP contribution is 2.52. The third-order valence-corrected chi connectivity index (χ3v) is 7.08. The van der Waals surface area contributed by atoms with Crippen LogP contribution in [0, 0.1) is 23.7 Å². The largest absolute Gasteiger partial charge is 0.357 e. The average Bonchev–Trinajstić information content (AvgIpc) is 3.44. The molecule has 1 saturated carbocycles. The number of nitrogens with zero attached hydrogens (tertiary/aromatic N) is 2. The first kappa shape index (κ1) is 24.1. The minimum absolute atomic E-state index is 0. The summed E-state index contributed by atoms with van der Waals surface area (Å²) >= 11 is 1.73. The van der Waals surface area contributed by atoms with E-state index in [0.717, 1.165) is 24.5 Å². The molecule has 4 unspecified atom stereocenters. The van der Waals surface area contributed by atoms with Gasteiger partial charge in [-0.25, -0.2) is 4.99 Å². The van der Waals surface area contributed by atoms with E-state index >= 15 is 0 Å². The zero-order chi connectivity index (χ0) is 21.1. The number of likely N-dealkylation sites (tertiary alicyclic amines) is 1. The number of hydrogen-bond acceptors (Lipinski definition) is 4. The van der Waals surface area contributed by atoms with E-state index in [0.29, 0.717) is 26.1 Å². The van der Waals surface area contributed by atoms with Gasteiger partial charge >= 0.3 is 0 Å². The lowest BCUT2D eigenvalue weighted by molar-refractivity contribution is -0.140. The number of aliphatic imine (C=N–C) groups is 1. The van der Waals surface area contributed by atoms with E-state index in [1.54, 1.807) is 11.8 Å². The molecule has 2 aliphatic carbocycles. The van der Waals surface area contributed by atoms with E-state index in [9.17, 15) is 9.59 Å². The van der Waals surface area contributed by atoms with Gasteiger partial charge in [-0.15, -0.1) is 35.7 Å². The van der Waals surface area contributed by atoms with Crippen molar-refractivity contribution in [3.63, 3.8) is 0 Å². The number of allylic oxidation sites excluding steroid dienone is 2. The number of imide groups is 1. The van der Waals surface area contributed by atoms with Gasteiger partial charge in [0.25, 0.3) is 0 Å². The molecule has 1 aromatic carbocycles. The lowest BCUT2D eigenvalue weighted by atomic mass is 9.85. The average molecular weight is 554 g/mol. The monoisotopic (exact) mass is 554 g/mol. The molecule has 0 radical (unpaired) electrons. The van der Waals surface area contributed by atoms with Crippen LogP contribution in [0.5, 0.6) is 0 Å². The molecule has 0 spiro atoms. The number of benzene rings is 1. The van der Waals surface area contributed by atoms with Crippen molar-refractivity contribution in [1.82, 2.24) is 15.5 Å². The van der Waals surface area contributed by atoms with Crippen molar-refractivity contribution in [3.05, 3.63) is 42.0 Å². The SMILES string of the molecule is CCNC(=NCc1ccc(SC)cc1)NCCCN1C(=O)C2C3C=CC(C3)C2C1=O.I. The predicted molar refractivity (Wildman–Crippen MR) is 136 cm³/mol. The van der Waals surface area contributed by atoms with Gasteiger partial charge < -0.3 is 10.6 Å². The van der Waals surface area contributed by atoms with Crippen molar-refractivity contribution >= 4 is 53.5 Å². The van der Waals surface area contributed by atoms with Gasteiger partial charge in [-0.1, -0.05) is 24.3 Å². The summed E-state index contributed by atoms with van der Waals surface area (Å²) in [4.78, 5) is 32.9. The highest BCUT2D eigenvalue weighted by molar-refractivity contribution is 14.0. The Morgan fingerprint density at radius 3 is 2.32 bits per heavy atom. The van der Waals surface area contributed by atoms with E-state index < -0.39 is 0 Å². The number of carbonyl (C=O) groups is 2. The van der Waals surface area contributed by atoms with E-state index in [2.05, 4.69) is 58.3 Å². The van der Waals surface area contributed by atoms with Gasteiger partial charge in [0.2, 0.25) is 11.8 Å². The van der Waals surface area contributed by atoms with E-state index in [4.69, 9.17) is 0 Å². The first-order valence-electron chi connectivity index (χ1n) is 10.8. The van der Waals surface area contributed by atoms with Crippen molar-refractivity contribution in [2.45, 2.75) is 31.2 Å². The summed E-state index contributed by atoms with van der Waals surface area (Å²) in [5.74, 6) is 1.18. The molecular weight excluding hydrogens is 523 g/mol. The molecule has 8 heteroatoms. The second kappa shape index (κ2) is 10.8. The molecule has 168 valence electrons. The van der Waals surface area contributed by atoms with Crippen LogP contribution in [0.2, 0.25) is 0 Å². The van der Waals surface area contributed by atoms with Crippen LogP contribution in [0.15, 0.2) is 46.3 Å². The number of guanidine groups is 1. The summed E-state index contributed by atoms with van der Waals surface area (Å²) in [6.45, 7) is 4.56. The van der Waals surface area contributed by atoms with Crippen LogP contribution in [0.25, 0.3) is 0 Å². The number of amides is 2. The molecular formula is C23H31IN4O2S. The van der Waals surface area contributed by atoms with Crippen LogP contribution in [-0.2, 0) is 16.1 Å². The molecule has 1 saturated heterocycles. The molecule has 3 aliphatic rings. The molecule has 2 fully saturated rings. The maximum absolute atomic E-state index is 12.7. The highest BCUT2D eigenvalue weighted by Gasteiger charge is 2.58. The Kier molecular flexibility index (Phi) is 8.43. The van der Waals surface area contributed by atoms with Crippen LogP contribution in [0.4, 0.5) is 0 Å². The molecule has 4 rings (SSSR count). The van der Waals surface area contributed by atoms with Gasteiger partial charge in [-0.05, 0) is 55.6 Å². The third-order valence-electron chi connectivity index (χ3n) is 6.34. The van der Waals surface area contributed by atoms with Gasteiger partial charge in [0.05, 0.1) is 18.4 Å². The van der Waals surface area contributed by atoms with Crippen LogP contribution in [-0.4, -0.2) is 48.6 Å². The molecule has 6 nitrogen and oxygen atoms in total. The number of thioether (sulfide) groups is 1. The van der Waals surface area contributed by atoms with Crippen molar-refractivity contribution in [2.24, 2.45) is 28.7 Å². The van der Waals surface area contributed by atoms with Gasteiger partial charge in [0.1, 0.15) is 0 Å². The quantitative estimate of drug-likeness (QED) is 0.0982. The summed E-state index contributed by atoms with van der Waals surface area (Å²) in [6, 6.07) is 8.42. The second-order valence-corrected chi connectivity index (χ2v) is 9.03. The van der Waals surface area contributed by atoms with Gasteiger partial charge in [0.15, 0.2) is 5.96 Å². The summed E-state index contributed by atoms with van der Waals surface area (Å²) in [6.07, 6.45) is 8.03. The zero-order valence-corrected chi connectivity index (χ0v) is 21.2. The van der Waals surface area contributed by atoms with Crippen LogP contribution >= 0.6 is 35.7 Å². The number of halogens is 1. The van der Waals surface area contributed by atoms with E-state index in [1.165, 1.54) is 9.80 Å². The first-order valence-corrected chi connectivity index (χ1v) is 12.0. The fourth-order valence-electron chi connectivity index (χ4n) is 4.87. The smallest absolute Gasteiger partial charge is 0.233 e. The fourth-order valence-corrected chi connectivity index (χ4v) is 5.28. The molecule has 1 heterocycles. The third kappa shape index (κ3) is 5.10. The lowest BCUT2D eigenvalue weighted by Crippen LogP contribution is -2.40. The fraction of sp³-hybridized carbons (Fsp3) is 0.522. The summed E-state index contributed by atoms with van der Waals surface area (Å²) in [5.41, 5.74) is 1.16. The molecule has 4 atom stereocenters. The number of carbonyl (C=O) groups excluding carboxylic acids is 2. The molecule has 1 aromatic rings. The van der Waals surface area contributed by atoms with Crippen molar-refractivity contribution in [1.29, 1.82) is 0 Å². The maximum Gasteiger partial charge on any atom is 0.233 e. The Morgan fingerprint density at radius 2 is 1.74 bits per heavy atom. The molecule has 2 N–H and O–H groups in total. The Morgan fingerprint density at radius 1 is 1.10 bits per heavy atom. The lowest BCUT2D eigenvalue weighted by Gasteiger charge is -2.18. The Bertz CT molecular complexity index is 828. The summed E-state index contributed by atoms with van der Waals surface area (Å²) in [5, 5.41) is 6.57. The molecule has 31 heavy (non-hydrogen) atoms. The molecule has 2 bridgehead atoms. The summed E-state index contributed by atoms with van der Waals surface area (Å²) < 4.78 is 0. The van der Waals surface area contributed by atoms with E-state index in [1.807, 2.05) is 6.92 Å². The predicted octanol–water partition coefficient (Wildman–Crippen LogP) is 3.28. The van der Waals surface area contributed by atoms with Crippen LogP contribution < -0.4 is 10.6 Å². The standard InChI is InChI=1S/C23H30N4O2S.HI/c1-3-24-23(26-14-15-5-9-18(30-2)10-6-15)25-11-4-12-27-21(28)19-16-7-8-17(13-16)20(19)22(27)29;/h5-10,16-17,19-20H,3-4,11-14H2,1-2H3,(H2,24,25,26);1H. The second-order valence-electron chi connectivity index (χ2n) is 8.15. The first-order chi connectivity index (χ1) is 14.6. The van der Waals surface area contributed by atoms with E-state index in [-0.39, 0.29) is 59.5 Å². The number of rotatable bonds is 8. The maximum atomic E-state index is 12.7. The topological polar surface area (TPSA) is 73.8 Å². The molecule has 1 aliphatic heterocycles. The normalized spacial score (nSPS) is 26.3. The summed E-state index contributed by atoms with van der Waals surface area (Å²) in [7, 11) is 0. The van der Waals surface area contributed by atoms with Gasteiger partial charge in [-0.3, -0.25) is 14.5 Å². The Balaban J connectivity index is 0.00000272. The number of fused-ring (bicyclic) bond motifs is 5. The Labute approximate surface area is 205 Å². The Hall–Kier alpha value is -1.55. The number of nitrogens with one attached hydrogen (secondary N) is 2. The van der Waals surface area contributed by atoms with Crippen LogP contribution in [0.1, 0.15) is 25.3 Å². The van der Waals surface area contributed by atoms with Gasteiger partial charge in [0, 0.05) is 24.5 Å². The van der Waals surface area contributed by atoms with Crippen molar-refractivity contribution < 1.29 is 9.59 Å². The molecule has 0 aromatic heterocycles.